The van der Waals surface area contributed by atoms with Gasteiger partial charge in [0, 0.05) is 6.54 Å². The van der Waals surface area contributed by atoms with Crippen LogP contribution >= 0.6 is 0 Å². The van der Waals surface area contributed by atoms with Gasteiger partial charge in [-0.1, -0.05) is 5.92 Å². The normalized spacial score (nSPS) is 10.7. The lowest BCUT2D eigenvalue weighted by atomic mass is 10.1. The highest BCUT2D eigenvalue weighted by atomic mass is 16.5. The first-order chi connectivity index (χ1) is 7.50. The molecule has 0 aliphatic heterocycles. The largest absolute Gasteiger partial charge is 0.458 e. The fraction of sp³-hybridized carbons (Fsp3) is 0.500. The molecule has 86 valence electrons. The molecule has 0 bridgehead atoms. The maximum atomic E-state index is 5.64. The van der Waals surface area contributed by atoms with Crippen LogP contribution in [-0.4, -0.2) is 22.1 Å². The van der Waals surface area contributed by atoms with Gasteiger partial charge in [0.2, 0.25) is 5.88 Å². The van der Waals surface area contributed by atoms with Crippen molar-refractivity contribution in [3.05, 3.63) is 11.9 Å². The Hall–Kier alpha value is -1.76. The van der Waals surface area contributed by atoms with Gasteiger partial charge < -0.3 is 10.1 Å². The van der Waals surface area contributed by atoms with E-state index < -0.39 is 5.60 Å². The van der Waals surface area contributed by atoms with Gasteiger partial charge in [0.25, 0.3) is 0 Å². The average molecular weight is 219 g/mol. The lowest BCUT2D eigenvalue weighted by Crippen LogP contribution is -2.26. The quantitative estimate of drug-likeness (QED) is 0.787. The topological polar surface area (TPSA) is 47.0 Å². The zero-order chi connectivity index (χ0) is 12.2. The van der Waals surface area contributed by atoms with Crippen LogP contribution in [0.3, 0.4) is 0 Å². The van der Waals surface area contributed by atoms with Gasteiger partial charge in [0.1, 0.15) is 12.1 Å². The summed E-state index contributed by atoms with van der Waals surface area (Å²) in [7, 11) is 0. The number of aromatic nitrogens is 2. The van der Waals surface area contributed by atoms with Crippen molar-refractivity contribution >= 4 is 5.82 Å². The van der Waals surface area contributed by atoms with Gasteiger partial charge in [-0.25, -0.2) is 9.97 Å². The molecule has 0 unspecified atom stereocenters. The third kappa shape index (κ3) is 2.86. The molecule has 0 fully saturated rings. The van der Waals surface area contributed by atoms with Crippen molar-refractivity contribution in [3.8, 4) is 18.2 Å². The number of nitrogens with one attached hydrogen (secondary N) is 1. The Kier molecular flexibility index (Phi) is 3.73. The summed E-state index contributed by atoms with van der Waals surface area (Å²) in [4.78, 5) is 8.22. The molecule has 16 heavy (non-hydrogen) atoms. The Morgan fingerprint density at radius 1 is 1.50 bits per heavy atom. The molecule has 0 aliphatic rings. The van der Waals surface area contributed by atoms with Crippen LogP contribution in [0.2, 0.25) is 0 Å². The summed E-state index contributed by atoms with van der Waals surface area (Å²) in [6.07, 6.45) is 6.83. The van der Waals surface area contributed by atoms with Crippen LogP contribution in [0.15, 0.2) is 6.33 Å². The van der Waals surface area contributed by atoms with Crippen molar-refractivity contribution in [1.82, 2.24) is 9.97 Å². The number of terminal acetylenes is 1. The Morgan fingerprint density at radius 2 is 2.19 bits per heavy atom. The van der Waals surface area contributed by atoms with Crippen LogP contribution in [0, 0.1) is 19.3 Å². The SMILES string of the molecule is C#CC(C)(C)Oc1ncnc(NCC)c1C. The smallest absolute Gasteiger partial charge is 0.223 e. The molecule has 0 radical (unpaired) electrons. The fourth-order valence-electron chi connectivity index (χ4n) is 1.15. The van der Waals surface area contributed by atoms with Crippen molar-refractivity contribution in [2.75, 3.05) is 11.9 Å². The predicted octanol–water partition coefficient (Wildman–Crippen LogP) is 2.01. The first kappa shape index (κ1) is 12.3. The molecule has 0 aliphatic carbocycles. The highest BCUT2D eigenvalue weighted by molar-refractivity contribution is 5.47. The van der Waals surface area contributed by atoms with Crippen LogP contribution in [0.1, 0.15) is 26.3 Å². The summed E-state index contributed by atoms with van der Waals surface area (Å²) in [6, 6.07) is 0. The maximum absolute atomic E-state index is 5.64. The van der Waals surface area contributed by atoms with Crippen molar-refractivity contribution < 1.29 is 4.74 Å². The summed E-state index contributed by atoms with van der Waals surface area (Å²) in [5.74, 6) is 3.87. The van der Waals surface area contributed by atoms with Gasteiger partial charge in [-0.15, -0.1) is 6.42 Å². The van der Waals surface area contributed by atoms with Gasteiger partial charge in [0.15, 0.2) is 5.60 Å². The van der Waals surface area contributed by atoms with E-state index in [2.05, 4.69) is 21.2 Å². The Morgan fingerprint density at radius 3 is 2.75 bits per heavy atom. The summed E-state index contributed by atoms with van der Waals surface area (Å²) >= 11 is 0. The number of ether oxygens (including phenoxy) is 1. The molecule has 4 heteroatoms. The molecular weight excluding hydrogens is 202 g/mol. The van der Waals surface area contributed by atoms with E-state index in [4.69, 9.17) is 11.2 Å². The van der Waals surface area contributed by atoms with Crippen LogP contribution in [0.25, 0.3) is 0 Å². The van der Waals surface area contributed by atoms with E-state index in [0.717, 1.165) is 17.9 Å². The minimum absolute atomic E-state index is 0.522. The van der Waals surface area contributed by atoms with Crippen LogP contribution < -0.4 is 10.1 Å². The molecule has 1 N–H and O–H groups in total. The standard InChI is InChI=1S/C12H17N3O/c1-6-12(4,5)16-11-9(3)10(13-7-2)14-8-15-11/h1,8H,7H2,2-5H3,(H,13,14,15). The molecule has 0 aromatic carbocycles. The number of hydrogen-bond acceptors (Lipinski definition) is 4. The van der Waals surface area contributed by atoms with Crippen LogP contribution in [0.5, 0.6) is 5.88 Å². The van der Waals surface area contributed by atoms with Crippen LogP contribution in [-0.2, 0) is 0 Å². The highest BCUT2D eigenvalue weighted by Crippen LogP contribution is 2.23. The third-order valence-corrected chi connectivity index (χ3v) is 2.08. The fourth-order valence-corrected chi connectivity index (χ4v) is 1.15. The average Bonchev–Trinajstić information content (AvgIpc) is 2.24. The van der Waals surface area contributed by atoms with E-state index >= 15 is 0 Å². The molecule has 0 saturated heterocycles. The minimum atomic E-state index is -0.664. The molecule has 1 rings (SSSR count). The Labute approximate surface area is 96.5 Å². The molecule has 4 nitrogen and oxygen atoms in total. The van der Waals surface area contributed by atoms with Crippen molar-refractivity contribution in [2.45, 2.75) is 33.3 Å². The summed E-state index contributed by atoms with van der Waals surface area (Å²) in [6.45, 7) is 8.35. The molecule has 0 amide bonds. The van der Waals surface area contributed by atoms with E-state index in [-0.39, 0.29) is 0 Å². The van der Waals surface area contributed by atoms with Crippen molar-refractivity contribution in [1.29, 1.82) is 0 Å². The second-order valence-electron chi connectivity index (χ2n) is 3.94. The lowest BCUT2D eigenvalue weighted by molar-refractivity contribution is 0.163. The zero-order valence-electron chi connectivity index (χ0n) is 10.2. The second kappa shape index (κ2) is 4.84. The molecule has 0 saturated carbocycles. The molecule has 1 heterocycles. The van der Waals surface area contributed by atoms with Crippen molar-refractivity contribution in [2.24, 2.45) is 0 Å². The Bertz CT molecular complexity index is 407. The van der Waals surface area contributed by atoms with E-state index in [1.807, 2.05) is 27.7 Å². The van der Waals surface area contributed by atoms with Gasteiger partial charge >= 0.3 is 0 Å². The second-order valence-corrected chi connectivity index (χ2v) is 3.94. The van der Waals surface area contributed by atoms with Crippen LogP contribution in [0.4, 0.5) is 5.82 Å². The van der Waals surface area contributed by atoms with E-state index in [1.54, 1.807) is 0 Å². The summed E-state index contributed by atoms with van der Waals surface area (Å²) in [5, 5.41) is 3.14. The highest BCUT2D eigenvalue weighted by Gasteiger charge is 2.19. The molecule has 1 aromatic heterocycles. The molecular formula is C12H17N3O. The lowest BCUT2D eigenvalue weighted by Gasteiger charge is -2.21. The third-order valence-electron chi connectivity index (χ3n) is 2.08. The molecule has 1 aromatic rings. The predicted molar refractivity (Wildman–Crippen MR) is 64.5 cm³/mol. The van der Waals surface area contributed by atoms with E-state index in [1.165, 1.54) is 6.33 Å². The van der Waals surface area contributed by atoms with E-state index in [9.17, 15) is 0 Å². The van der Waals surface area contributed by atoms with Gasteiger partial charge in [0.05, 0.1) is 5.56 Å². The van der Waals surface area contributed by atoms with Gasteiger partial charge in [-0.05, 0) is 27.7 Å². The first-order valence-corrected chi connectivity index (χ1v) is 5.22. The van der Waals surface area contributed by atoms with E-state index in [0.29, 0.717) is 5.88 Å². The number of anilines is 1. The van der Waals surface area contributed by atoms with Gasteiger partial charge in [-0.2, -0.15) is 0 Å². The zero-order valence-corrected chi connectivity index (χ0v) is 10.2. The number of nitrogens with zero attached hydrogens (tertiary/aromatic N) is 2. The number of rotatable bonds is 4. The summed E-state index contributed by atoms with van der Waals surface area (Å²) in [5.41, 5.74) is 0.204. The Balaban J connectivity index is 2.98. The molecule has 0 spiro atoms. The van der Waals surface area contributed by atoms with Gasteiger partial charge in [-0.3, -0.25) is 0 Å². The monoisotopic (exact) mass is 219 g/mol. The minimum Gasteiger partial charge on any atom is -0.458 e. The number of hydrogen-bond donors (Lipinski definition) is 1. The first-order valence-electron chi connectivity index (χ1n) is 5.22. The molecule has 0 atom stereocenters. The van der Waals surface area contributed by atoms with Crippen molar-refractivity contribution in [3.63, 3.8) is 0 Å². The maximum Gasteiger partial charge on any atom is 0.223 e. The summed E-state index contributed by atoms with van der Waals surface area (Å²) < 4.78 is 5.64.